The summed E-state index contributed by atoms with van der Waals surface area (Å²) in [5.41, 5.74) is 0. The molecule has 0 radical (unpaired) electrons. The van der Waals surface area contributed by atoms with Gasteiger partial charge in [-0.15, -0.1) is 0 Å². The average Bonchev–Trinajstić information content (AvgIpc) is 2.76. The van der Waals surface area contributed by atoms with Gasteiger partial charge in [-0.2, -0.15) is 78.9 Å². The second-order valence-corrected chi connectivity index (χ2v) is 11.0. The number of nitrogens with zero attached hydrogens (tertiary/aromatic N) is 2. The van der Waals surface area contributed by atoms with Gasteiger partial charge in [-0.25, -0.2) is 8.42 Å². The monoisotopic (exact) mass is 672 g/mol. The highest BCUT2D eigenvalue weighted by Gasteiger charge is 2.96. The van der Waals surface area contributed by atoms with E-state index in [0.29, 0.717) is 0 Å². The highest BCUT2D eigenvalue weighted by molar-refractivity contribution is 7.90. The van der Waals surface area contributed by atoms with Crippen LogP contribution in [0.2, 0.25) is 0 Å². The molecule has 0 bridgehead atoms. The minimum Gasteiger partial charge on any atom is -0.850 e. The Labute approximate surface area is 219 Å². The van der Waals surface area contributed by atoms with Crippen molar-refractivity contribution in [3.63, 3.8) is 0 Å². The van der Waals surface area contributed by atoms with Crippen molar-refractivity contribution in [2.75, 3.05) is 53.5 Å². The lowest BCUT2D eigenvalue weighted by molar-refractivity contribution is -0.895. The minimum absolute atomic E-state index is 0.200. The second-order valence-electron chi connectivity index (χ2n) is 9.03. The van der Waals surface area contributed by atoms with Gasteiger partial charge < -0.3 is 14.7 Å². The number of rotatable bonds is 16. The molecule has 6 nitrogen and oxygen atoms in total. The largest absolute Gasteiger partial charge is 0.850 e. The minimum atomic E-state index is -8.91. The first-order valence-corrected chi connectivity index (χ1v) is 11.9. The van der Waals surface area contributed by atoms with Crippen LogP contribution in [0.3, 0.4) is 0 Å². The van der Waals surface area contributed by atoms with Crippen molar-refractivity contribution < 1.29 is 97.8 Å². The number of sulfonamides is 1. The molecule has 248 valence electrons. The number of hydrogen-bond acceptors (Lipinski definition) is 4. The van der Waals surface area contributed by atoms with Crippen LogP contribution in [0.25, 0.3) is 0 Å². The molecule has 24 heteroatoms. The van der Waals surface area contributed by atoms with E-state index in [4.69, 9.17) is 5.11 Å². The molecule has 0 heterocycles. The SMILES string of the molecule is C[N+](C)(CC[O-])CCCN(CCO)S(=O)(=O)C(F)(F)C(F)(F)C(F)(F)C(F)(F)C(F)(F)C(F)(F)C(F)(F)C(F)(F)F. The molecule has 0 saturated heterocycles. The number of hydrogen-bond donors (Lipinski definition) is 1. The lowest BCUT2D eigenvalue weighted by Crippen LogP contribution is -2.75. The molecule has 41 heavy (non-hydrogen) atoms. The van der Waals surface area contributed by atoms with Crippen molar-refractivity contribution in [3.05, 3.63) is 0 Å². The zero-order valence-corrected chi connectivity index (χ0v) is 21.2. The topological polar surface area (TPSA) is 80.7 Å². The number of likely N-dealkylation sites (N-methyl/N-ethyl adjacent to an activating group) is 1. The Balaban J connectivity index is 6.81. The van der Waals surface area contributed by atoms with Gasteiger partial charge in [0.2, 0.25) is 0 Å². The summed E-state index contributed by atoms with van der Waals surface area (Å²) in [6, 6.07) is 0. The van der Waals surface area contributed by atoms with Gasteiger partial charge in [0.15, 0.2) is 0 Å². The van der Waals surface area contributed by atoms with E-state index in [1.54, 1.807) is 0 Å². The summed E-state index contributed by atoms with van der Waals surface area (Å²) >= 11 is 0. The molecule has 0 aromatic heterocycles. The molecule has 0 rings (SSSR count). The van der Waals surface area contributed by atoms with E-state index >= 15 is 0 Å². The summed E-state index contributed by atoms with van der Waals surface area (Å²) in [7, 11) is -4.88. The molecular formula is C17H21F17N2O4S. The van der Waals surface area contributed by atoms with E-state index in [1.165, 1.54) is 14.1 Å². The van der Waals surface area contributed by atoms with Crippen LogP contribution in [0.1, 0.15) is 6.42 Å². The van der Waals surface area contributed by atoms with E-state index in [1.807, 2.05) is 0 Å². The van der Waals surface area contributed by atoms with Crippen LogP contribution in [-0.2, 0) is 10.0 Å². The summed E-state index contributed by atoms with van der Waals surface area (Å²) < 4.78 is 252. The van der Waals surface area contributed by atoms with E-state index in [2.05, 4.69) is 0 Å². The molecule has 0 spiro atoms. The van der Waals surface area contributed by atoms with Crippen LogP contribution in [0.15, 0.2) is 0 Å². The Morgan fingerprint density at radius 2 is 1.00 bits per heavy atom. The summed E-state index contributed by atoms with van der Waals surface area (Å²) in [6.07, 6.45) is -8.61. The second kappa shape index (κ2) is 11.6. The molecule has 0 aliphatic heterocycles. The number of halogens is 17. The molecule has 1 N–H and O–H groups in total. The van der Waals surface area contributed by atoms with Crippen molar-refractivity contribution in [3.8, 4) is 0 Å². The van der Waals surface area contributed by atoms with Gasteiger partial charge in [-0.05, 0) is 0 Å². The quantitative estimate of drug-likeness (QED) is 0.202. The Bertz CT molecular complexity index is 999. The Hall–Kier alpha value is -1.40. The number of aliphatic hydroxyl groups excluding tert-OH is 1. The van der Waals surface area contributed by atoms with Gasteiger partial charge in [0.1, 0.15) is 0 Å². The fourth-order valence-electron chi connectivity index (χ4n) is 2.97. The molecule has 0 aromatic carbocycles. The van der Waals surface area contributed by atoms with Crippen molar-refractivity contribution in [2.24, 2.45) is 0 Å². The smallest absolute Gasteiger partial charge is 0.460 e. The third kappa shape index (κ3) is 6.30. The van der Waals surface area contributed by atoms with Crippen LogP contribution >= 0.6 is 0 Å². The van der Waals surface area contributed by atoms with Crippen LogP contribution in [0.4, 0.5) is 74.6 Å². The van der Waals surface area contributed by atoms with Gasteiger partial charge in [-0.3, -0.25) is 0 Å². The average molecular weight is 672 g/mol. The highest BCUT2D eigenvalue weighted by Crippen LogP contribution is 2.64. The van der Waals surface area contributed by atoms with Gasteiger partial charge in [0.25, 0.3) is 10.0 Å². The maximum Gasteiger partial charge on any atom is 0.460 e. The number of alkyl halides is 17. The number of aliphatic hydroxyl groups is 1. The van der Waals surface area contributed by atoms with Crippen LogP contribution in [0, 0.1) is 0 Å². The molecule has 0 atom stereocenters. The third-order valence-corrected chi connectivity index (χ3v) is 7.52. The van der Waals surface area contributed by atoms with E-state index in [0.717, 1.165) is 0 Å². The molecule has 0 fully saturated rings. The first-order valence-electron chi connectivity index (χ1n) is 10.4. The van der Waals surface area contributed by atoms with Gasteiger partial charge >= 0.3 is 47.0 Å². The molecule has 0 aliphatic rings. The number of quaternary nitrogens is 1. The van der Waals surface area contributed by atoms with Crippen LogP contribution in [-0.4, -0.2) is 123 Å². The summed E-state index contributed by atoms with van der Waals surface area (Å²) in [6.45, 7) is -5.93. The fourth-order valence-corrected chi connectivity index (χ4v) is 4.44. The molecular weight excluding hydrogens is 651 g/mol. The van der Waals surface area contributed by atoms with Crippen LogP contribution < -0.4 is 5.11 Å². The van der Waals surface area contributed by atoms with E-state index in [9.17, 15) is 88.2 Å². The highest BCUT2D eigenvalue weighted by atomic mass is 32.2. The maximum atomic E-state index is 14.4. The Morgan fingerprint density at radius 3 is 1.34 bits per heavy atom. The van der Waals surface area contributed by atoms with Gasteiger partial charge in [0, 0.05) is 19.5 Å². The normalized spacial score (nSPS) is 16.0. The van der Waals surface area contributed by atoms with Gasteiger partial charge in [-0.1, -0.05) is 6.61 Å². The molecule has 0 amide bonds. The molecule has 0 aromatic rings. The molecule has 0 aliphatic carbocycles. The van der Waals surface area contributed by atoms with Gasteiger partial charge in [0.05, 0.1) is 33.8 Å². The summed E-state index contributed by atoms with van der Waals surface area (Å²) in [5.74, 6) is -52.0. The Morgan fingerprint density at radius 1 is 0.634 bits per heavy atom. The van der Waals surface area contributed by atoms with Crippen molar-refractivity contribution in [1.82, 2.24) is 4.31 Å². The Kier molecular flexibility index (Phi) is 11.2. The third-order valence-electron chi connectivity index (χ3n) is 5.57. The summed E-state index contributed by atoms with van der Waals surface area (Å²) in [4.78, 5) is 0. The first-order chi connectivity index (χ1) is 17.7. The van der Waals surface area contributed by atoms with E-state index < -0.39 is 94.0 Å². The zero-order chi connectivity index (χ0) is 33.5. The first kappa shape index (κ1) is 39.6. The predicted octanol–water partition coefficient (Wildman–Crippen LogP) is 3.40. The van der Waals surface area contributed by atoms with E-state index in [-0.39, 0.29) is 17.6 Å². The zero-order valence-electron chi connectivity index (χ0n) is 20.3. The van der Waals surface area contributed by atoms with Crippen LogP contribution in [0.5, 0.6) is 0 Å². The lowest BCUT2D eigenvalue weighted by atomic mass is 9.91. The molecule has 0 unspecified atom stereocenters. The predicted molar refractivity (Wildman–Crippen MR) is 99.6 cm³/mol. The fraction of sp³-hybridized carbons (Fsp3) is 1.00. The standard InChI is InChI=1S/C17H21F17N2O4S/c1-36(2,7-9-38)6-3-4-35(5-8-37)41(39,40)17(33,34)15(28,29)13(24,25)11(20,21)10(18,19)12(22,23)14(26,27)16(30,31)32/h37H,3-9H2,1-2H3. The lowest BCUT2D eigenvalue weighted by Gasteiger charge is -2.43. The van der Waals surface area contributed by atoms with Crippen molar-refractivity contribution in [2.45, 2.75) is 53.4 Å². The van der Waals surface area contributed by atoms with Crippen molar-refractivity contribution >= 4 is 10.0 Å². The maximum absolute atomic E-state index is 14.4. The molecule has 0 saturated carbocycles. The van der Waals surface area contributed by atoms with Crippen molar-refractivity contribution in [1.29, 1.82) is 0 Å². The summed E-state index contributed by atoms with van der Waals surface area (Å²) in [5, 5.41) is 11.9.